The van der Waals surface area contributed by atoms with Crippen LogP contribution in [0, 0.1) is 10.1 Å². The van der Waals surface area contributed by atoms with E-state index < -0.39 is 4.92 Å². The molecule has 1 aromatic carbocycles. The van der Waals surface area contributed by atoms with Gasteiger partial charge in [0.15, 0.2) is 0 Å². The highest BCUT2D eigenvalue weighted by atomic mass is 16.6. The van der Waals surface area contributed by atoms with E-state index >= 15 is 0 Å². The van der Waals surface area contributed by atoms with Crippen LogP contribution in [0.2, 0.25) is 0 Å². The average Bonchev–Trinajstić information content (AvgIpc) is 2.61. The molecule has 0 saturated heterocycles. The number of carbonyl (C=O) groups is 2. The Morgan fingerprint density at radius 1 is 1.20 bits per heavy atom. The van der Waals surface area contributed by atoms with E-state index in [1.165, 1.54) is 25.3 Å². The molecule has 1 amide bonds. The number of rotatable bonds is 10. The summed E-state index contributed by atoms with van der Waals surface area (Å²) in [6.45, 7) is 0.526. The van der Waals surface area contributed by atoms with Gasteiger partial charge in [0.2, 0.25) is 5.91 Å². The fourth-order valence-electron chi connectivity index (χ4n) is 2.04. The number of nitro groups is 1. The molecule has 7 heteroatoms. The van der Waals surface area contributed by atoms with Gasteiger partial charge in [-0.15, -0.1) is 0 Å². The second-order valence-corrected chi connectivity index (χ2v) is 5.21. The number of hydrogen-bond acceptors (Lipinski definition) is 5. The fraction of sp³-hybridized carbons (Fsp3) is 0.333. The van der Waals surface area contributed by atoms with Gasteiger partial charge in [0, 0.05) is 25.1 Å². The minimum Gasteiger partial charge on any atom is -0.469 e. The Morgan fingerprint density at radius 2 is 1.96 bits per heavy atom. The van der Waals surface area contributed by atoms with Gasteiger partial charge < -0.3 is 10.1 Å². The predicted molar refractivity (Wildman–Crippen MR) is 94.8 cm³/mol. The highest BCUT2D eigenvalue weighted by Gasteiger charge is 2.08. The number of para-hydroxylation sites is 1. The molecule has 1 rings (SSSR count). The smallest absolute Gasteiger partial charge is 0.305 e. The van der Waals surface area contributed by atoms with Crippen LogP contribution >= 0.6 is 0 Å². The molecule has 0 spiro atoms. The molecule has 0 bridgehead atoms. The molecule has 0 unspecified atom stereocenters. The van der Waals surface area contributed by atoms with E-state index in [0.29, 0.717) is 18.5 Å². The van der Waals surface area contributed by atoms with E-state index in [1.807, 2.05) is 0 Å². The van der Waals surface area contributed by atoms with E-state index in [-0.39, 0.29) is 17.6 Å². The van der Waals surface area contributed by atoms with Gasteiger partial charge in [-0.3, -0.25) is 19.7 Å². The lowest BCUT2D eigenvalue weighted by Gasteiger charge is -2.02. The lowest BCUT2D eigenvalue weighted by atomic mass is 10.1. The van der Waals surface area contributed by atoms with Gasteiger partial charge in [0.25, 0.3) is 5.69 Å². The van der Waals surface area contributed by atoms with Crippen LogP contribution in [-0.4, -0.2) is 30.5 Å². The van der Waals surface area contributed by atoms with Crippen LogP contribution in [0.25, 0.3) is 6.08 Å². The summed E-state index contributed by atoms with van der Waals surface area (Å²) in [5.74, 6) is -0.461. The Bertz CT molecular complexity index is 653. The van der Waals surface area contributed by atoms with E-state index in [2.05, 4.69) is 10.1 Å². The number of nitro benzene ring substituents is 1. The molecule has 134 valence electrons. The number of nitrogens with one attached hydrogen (secondary N) is 1. The van der Waals surface area contributed by atoms with Crippen molar-refractivity contribution in [2.75, 3.05) is 13.7 Å². The van der Waals surface area contributed by atoms with Crippen molar-refractivity contribution in [2.24, 2.45) is 0 Å². The highest BCUT2D eigenvalue weighted by molar-refractivity contribution is 5.87. The molecule has 25 heavy (non-hydrogen) atoms. The first kappa shape index (κ1) is 20.1. The SMILES string of the molecule is COC(=O)CCCCCNC(=O)C=CC=Cc1ccccc1[N+](=O)[O-]. The quantitative estimate of drug-likeness (QED) is 0.175. The van der Waals surface area contributed by atoms with Crippen LogP contribution in [-0.2, 0) is 14.3 Å². The zero-order valence-electron chi connectivity index (χ0n) is 14.1. The van der Waals surface area contributed by atoms with Crippen LogP contribution in [0.1, 0.15) is 31.2 Å². The average molecular weight is 346 g/mol. The van der Waals surface area contributed by atoms with Crippen molar-refractivity contribution in [1.82, 2.24) is 5.32 Å². The second-order valence-electron chi connectivity index (χ2n) is 5.21. The third-order valence-corrected chi connectivity index (χ3v) is 3.35. The van der Waals surface area contributed by atoms with Gasteiger partial charge in [0.05, 0.1) is 17.6 Å². The van der Waals surface area contributed by atoms with Crippen molar-refractivity contribution in [3.8, 4) is 0 Å². The van der Waals surface area contributed by atoms with E-state index in [9.17, 15) is 19.7 Å². The molecule has 0 aliphatic heterocycles. The Hall–Kier alpha value is -2.96. The lowest BCUT2D eigenvalue weighted by Crippen LogP contribution is -2.22. The summed E-state index contributed by atoms with van der Waals surface area (Å²) in [6, 6.07) is 6.38. The summed E-state index contributed by atoms with van der Waals surface area (Å²) in [5.41, 5.74) is 0.492. The Kier molecular flexibility index (Phi) is 9.28. The summed E-state index contributed by atoms with van der Waals surface area (Å²) >= 11 is 0. The number of carbonyl (C=O) groups excluding carboxylic acids is 2. The van der Waals surface area contributed by atoms with Crippen LogP contribution in [0.15, 0.2) is 42.5 Å². The zero-order valence-corrected chi connectivity index (χ0v) is 14.1. The van der Waals surface area contributed by atoms with Crippen LogP contribution < -0.4 is 5.32 Å². The minimum atomic E-state index is -0.448. The van der Waals surface area contributed by atoms with E-state index in [1.54, 1.807) is 30.4 Å². The first-order valence-electron chi connectivity index (χ1n) is 7.97. The van der Waals surface area contributed by atoms with Crippen molar-refractivity contribution in [2.45, 2.75) is 25.7 Å². The summed E-state index contributed by atoms with van der Waals surface area (Å²) in [5, 5.41) is 13.6. The van der Waals surface area contributed by atoms with E-state index in [4.69, 9.17) is 0 Å². The van der Waals surface area contributed by atoms with Crippen molar-refractivity contribution in [3.63, 3.8) is 0 Å². The minimum absolute atomic E-state index is 0.0172. The Morgan fingerprint density at radius 3 is 2.68 bits per heavy atom. The van der Waals surface area contributed by atoms with E-state index in [0.717, 1.165) is 19.3 Å². The van der Waals surface area contributed by atoms with Crippen molar-refractivity contribution >= 4 is 23.6 Å². The highest BCUT2D eigenvalue weighted by Crippen LogP contribution is 2.18. The molecular formula is C18H22N2O5. The number of hydrogen-bond donors (Lipinski definition) is 1. The van der Waals surface area contributed by atoms with Crippen molar-refractivity contribution < 1.29 is 19.2 Å². The zero-order chi connectivity index (χ0) is 18.5. The molecule has 1 aromatic rings. The molecule has 1 N–H and O–H groups in total. The van der Waals surface area contributed by atoms with Crippen molar-refractivity contribution in [1.29, 1.82) is 0 Å². The molecule has 0 aliphatic carbocycles. The second kappa shape index (κ2) is 11.6. The van der Waals surface area contributed by atoms with Gasteiger partial charge in [0.1, 0.15) is 0 Å². The fourth-order valence-corrected chi connectivity index (χ4v) is 2.04. The summed E-state index contributed by atoms with van der Waals surface area (Å²) in [7, 11) is 1.36. The van der Waals surface area contributed by atoms with Gasteiger partial charge >= 0.3 is 5.97 Å². The molecular weight excluding hydrogens is 324 g/mol. The number of allylic oxidation sites excluding steroid dienone is 2. The van der Waals surface area contributed by atoms with Crippen LogP contribution in [0.4, 0.5) is 5.69 Å². The molecule has 0 radical (unpaired) electrons. The largest absolute Gasteiger partial charge is 0.469 e. The molecule has 7 nitrogen and oxygen atoms in total. The summed E-state index contributed by atoms with van der Waals surface area (Å²) in [4.78, 5) is 32.9. The molecule has 0 atom stereocenters. The summed E-state index contributed by atoms with van der Waals surface area (Å²) < 4.78 is 4.54. The standard InChI is InChI=1S/C18H22N2O5/c1-25-18(22)13-3-2-8-14-19-17(21)12-7-5-10-15-9-4-6-11-16(15)20(23)24/h4-7,9-12H,2-3,8,13-14H2,1H3,(H,19,21). The Balaban J connectivity index is 2.29. The maximum Gasteiger partial charge on any atom is 0.305 e. The number of nitrogens with zero attached hydrogens (tertiary/aromatic N) is 1. The maximum absolute atomic E-state index is 11.6. The Labute approximate surface area is 146 Å². The first-order chi connectivity index (χ1) is 12.0. The first-order valence-corrected chi connectivity index (χ1v) is 7.97. The maximum atomic E-state index is 11.6. The monoisotopic (exact) mass is 346 g/mol. The topological polar surface area (TPSA) is 98.5 Å². The molecule has 0 heterocycles. The van der Waals surface area contributed by atoms with Gasteiger partial charge in [-0.05, 0) is 25.0 Å². The van der Waals surface area contributed by atoms with Gasteiger partial charge in [-0.25, -0.2) is 0 Å². The molecule has 0 saturated carbocycles. The predicted octanol–water partition coefficient (Wildman–Crippen LogP) is 3.01. The number of unbranched alkanes of at least 4 members (excludes halogenated alkanes) is 2. The normalized spacial score (nSPS) is 10.9. The number of ether oxygens (including phenoxy) is 1. The number of benzene rings is 1. The van der Waals surface area contributed by atoms with Gasteiger partial charge in [-0.1, -0.05) is 30.7 Å². The van der Waals surface area contributed by atoms with Gasteiger partial charge in [-0.2, -0.15) is 0 Å². The number of esters is 1. The number of methoxy groups -OCH3 is 1. The lowest BCUT2D eigenvalue weighted by molar-refractivity contribution is -0.385. The van der Waals surface area contributed by atoms with Crippen LogP contribution in [0.3, 0.4) is 0 Å². The molecule has 0 aliphatic rings. The van der Waals surface area contributed by atoms with Crippen LogP contribution in [0.5, 0.6) is 0 Å². The number of amides is 1. The third kappa shape index (κ3) is 8.45. The third-order valence-electron chi connectivity index (χ3n) is 3.35. The summed E-state index contributed by atoms with van der Waals surface area (Å²) in [6.07, 6.45) is 8.78. The van der Waals surface area contributed by atoms with Crippen molar-refractivity contribution in [3.05, 3.63) is 58.2 Å². The molecule has 0 aromatic heterocycles. The molecule has 0 fully saturated rings.